The average Bonchev–Trinajstić information content (AvgIpc) is 3.05. The van der Waals surface area contributed by atoms with Crippen LogP contribution in [0, 0.1) is 5.92 Å². The second-order valence-corrected chi connectivity index (χ2v) is 8.72. The Hall–Kier alpha value is -1.04. The lowest BCUT2D eigenvalue weighted by atomic mass is 9.89. The summed E-state index contributed by atoms with van der Waals surface area (Å²) in [4.78, 5) is 7.42. The first kappa shape index (κ1) is 14.5. The zero-order chi connectivity index (χ0) is 15.3. The zero-order valence-corrected chi connectivity index (χ0v) is 14.6. The van der Waals surface area contributed by atoms with Gasteiger partial charge in [0.1, 0.15) is 5.01 Å². The van der Waals surface area contributed by atoms with Crippen LogP contribution in [0.4, 0.5) is 0 Å². The maximum Gasteiger partial charge on any atom is 0.123 e. The largest absolute Gasteiger partial charge is 0.393 e. The van der Waals surface area contributed by atoms with Crippen LogP contribution in [0.5, 0.6) is 0 Å². The SMILES string of the molecule is CC(C)N1CCC2C(c3nc4ccccc4s3)=C(N)SC2C1. The molecule has 0 saturated carbocycles. The Morgan fingerprint density at radius 1 is 1.32 bits per heavy atom. The van der Waals surface area contributed by atoms with Crippen LogP contribution in [0.3, 0.4) is 0 Å². The molecule has 2 aliphatic heterocycles. The fourth-order valence-corrected chi connectivity index (χ4v) is 6.08. The molecule has 2 atom stereocenters. The van der Waals surface area contributed by atoms with Crippen LogP contribution < -0.4 is 5.73 Å². The van der Waals surface area contributed by atoms with Gasteiger partial charge in [0.2, 0.25) is 0 Å². The molecule has 5 heteroatoms. The Morgan fingerprint density at radius 2 is 2.14 bits per heavy atom. The van der Waals surface area contributed by atoms with Gasteiger partial charge in [0.15, 0.2) is 0 Å². The summed E-state index contributed by atoms with van der Waals surface area (Å²) in [6.45, 7) is 6.87. The number of nitrogens with zero attached hydrogens (tertiary/aromatic N) is 2. The third kappa shape index (κ3) is 2.36. The van der Waals surface area contributed by atoms with Crippen LogP contribution in [-0.4, -0.2) is 34.3 Å². The third-order valence-corrected chi connectivity index (χ3v) is 7.08. The number of nitrogens with two attached hydrogens (primary N) is 1. The highest BCUT2D eigenvalue weighted by atomic mass is 32.2. The summed E-state index contributed by atoms with van der Waals surface area (Å²) in [6, 6.07) is 8.99. The molecule has 2 unspecified atom stereocenters. The van der Waals surface area contributed by atoms with Crippen LogP contribution >= 0.6 is 23.1 Å². The highest BCUT2D eigenvalue weighted by molar-refractivity contribution is 8.04. The van der Waals surface area contributed by atoms with E-state index in [1.54, 1.807) is 11.3 Å². The number of fused-ring (bicyclic) bond motifs is 2. The van der Waals surface area contributed by atoms with E-state index < -0.39 is 0 Å². The Kier molecular flexibility index (Phi) is 3.67. The van der Waals surface area contributed by atoms with Crippen molar-refractivity contribution in [2.75, 3.05) is 13.1 Å². The molecule has 2 aromatic rings. The van der Waals surface area contributed by atoms with E-state index in [9.17, 15) is 0 Å². The van der Waals surface area contributed by atoms with Crippen LogP contribution in [0.2, 0.25) is 0 Å². The first-order valence-corrected chi connectivity index (χ1v) is 9.59. The molecule has 2 aliphatic rings. The van der Waals surface area contributed by atoms with E-state index in [0.717, 1.165) is 22.1 Å². The molecule has 0 radical (unpaired) electrons. The summed E-state index contributed by atoms with van der Waals surface area (Å²) in [5.41, 5.74) is 8.82. The van der Waals surface area contributed by atoms with Crippen molar-refractivity contribution in [1.82, 2.24) is 9.88 Å². The zero-order valence-electron chi connectivity index (χ0n) is 13.0. The van der Waals surface area contributed by atoms with Crippen molar-refractivity contribution in [2.24, 2.45) is 11.7 Å². The van der Waals surface area contributed by atoms with Crippen LogP contribution in [0.1, 0.15) is 25.3 Å². The summed E-state index contributed by atoms with van der Waals surface area (Å²) >= 11 is 3.65. The van der Waals surface area contributed by atoms with Crippen LogP contribution in [-0.2, 0) is 0 Å². The Balaban J connectivity index is 1.66. The van der Waals surface area contributed by atoms with Gasteiger partial charge in [-0.3, -0.25) is 4.90 Å². The van der Waals surface area contributed by atoms with Crippen molar-refractivity contribution in [3.8, 4) is 0 Å². The molecule has 116 valence electrons. The molecule has 1 fully saturated rings. The number of thioether (sulfide) groups is 1. The normalized spacial score (nSPS) is 26.1. The van der Waals surface area contributed by atoms with Gasteiger partial charge in [-0.1, -0.05) is 12.1 Å². The second kappa shape index (κ2) is 5.55. The molecule has 0 amide bonds. The minimum atomic E-state index is 0.570. The van der Waals surface area contributed by atoms with Gasteiger partial charge in [0.05, 0.1) is 15.2 Å². The van der Waals surface area contributed by atoms with Gasteiger partial charge in [-0.05, 0) is 38.9 Å². The van der Waals surface area contributed by atoms with E-state index in [1.165, 1.54) is 23.2 Å². The average molecular weight is 332 g/mol. The number of hydrogen-bond donors (Lipinski definition) is 1. The van der Waals surface area contributed by atoms with Crippen LogP contribution in [0.25, 0.3) is 15.8 Å². The number of aromatic nitrogens is 1. The van der Waals surface area contributed by atoms with Crippen LogP contribution in [0.15, 0.2) is 29.3 Å². The van der Waals surface area contributed by atoms with Crippen molar-refractivity contribution >= 4 is 38.9 Å². The standard InChI is InChI=1S/C17H21N3S2/c1-10(2)20-8-7-11-14(9-20)21-16(18)15(11)17-19-12-5-3-4-6-13(12)22-17/h3-6,10-11,14H,7-9,18H2,1-2H3. The highest BCUT2D eigenvalue weighted by Gasteiger charge is 2.40. The minimum absolute atomic E-state index is 0.570. The predicted octanol–water partition coefficient (Wildman–Crippen LogP) is 3.77. The first-order valence-electron chi connectivity index (χ1n) is 7.90. The second-order valence-electron chi connectivity index (χ2n) is 6.40. The summed E-state index contributed by atoms with van der Waals surface area (Å²) < 4.78 is 1.26. The quantitative estimate of drug-likeness (QED) is 0.909. The van der Waals surface area contributed by atoms with E-state index in [1.807, 2.05) is 11.8 Å². The maximum absolute atomic E-state index is 6.40. The van der Waals surface area contributed by atoms with Gasteiger partial charge >= 0.3 is 0 Å². The van der Waals surface area contributed by atoms with E-state index in [0.29, 0.717) is 17.2 Å². The first-order chi connectivity index (χ1) is 10.6. The number of hydrogen-bond acceptors (Lipinski definition) is 5. The molecule has 3 heterocycles. The molecule has 1 saturated heterocycles. The van der Waals surface area contributed by atoms with E-state index in [2.05, 4.69) is 43.0 Å². The number of para-hydroxylation sites is 1. The summed E-state index contributed by atoms with van der Waals surface area (Å²) in [5.74, 6) is 0.570. The fraction of sp³-hybridized carbons (Fsp3) is 0.471. The minimum Gasteiger partial charge on any atom is -0.393 e. The fourth-order valence-electron chi connectivity index (χ4n) is 3.52. The lowest BCUT2D eigenvalue weighted by molar-refractivity contribution is 0.173. The molecule has 22 heavy (non-hydrogen) atoms. The number of likely N-dealkylation sites (tertiary alicyclic amines) is 1. The molecular formula is C17H21N3S2. The molecule has 0 aliphatic carbocycles. The summed E-state index contributed by atoms with van der Waals surface area (Å²) in [7, 11) is 0. The molecule has 1 aromatic carbocycles. The van der Waals surface area contributed by atoms with Gasteiger partial charge in [0.25, 0.3) is 0 Å². The maximum atomic E-state index is 6.40. The van der Waals surface area contributed by atoms with Crippen molar-refractivity contribution in [3.63, 3.8) is 0 Å². The number of rotatable bonds is 2. The Bertz CT molecular complexity index is 701. The smallest absolute Gasteiger partial charge is 0.123 e. The highest BCUT2D eigenvalue weighted by Crippen LogP contribution is 2.49. The van der Waals surface area contributed by atoms with Crippen molar-refractivity contribution in [2.45, 2.75) is 31.6 Å². The third-order valence-electron chi connectivity index (χ3n) is 4.76. The van der Waals surface area contributed by atoms with Crippen molar-refractivity contribution in [3.05, 3.63) is 34.3 Å². The van der Waals surface area contributed by atoms with Crippen molar-refractivity contribution < 1.29 is 0 Å². The number of thiazole rings is 1. The molecule has 1 aromatic heterocycles. The lowest BCUT2D eigenvalue weighted by Gasteiger charge is -2.37. The molecule has 0 spiro atoms. The number of piperidine rings is 1. The lowest BCUT2D eigenvalue weighted by Crippen LogP contribution is -2.44. The molecule has 0 bridgehead atoms. The number of benzene rings is 1. The Morgan fingerprint density at radius 3 is 2.91 bits per heavy atom. The molecular weight excluding hydrogens is 310 g/mol. The van der Waals surface area contributed by atoms with Gasteiger partial charge < -0.3 is 5.73 Å². The van der Waals surface area contributed by atoms with Crippen molar-refractivity contribution in [1.29, 1.82) is 0 Å². The molecule has 4 rings (SSSR count). The van der Waals surface area contributed by atoms with Gasteiger partial charge in [-0.15, -0.1) is 23.1 Å². The topological polar surface area (TPSA) is 42.2 Å². The Labute approximate surface area is 139 Å². The van der Waals surface area contributed by atoms with Gasteiger partial charge in [0, 0.05) is 29.3 Å². The number of allylic oxidation sites excluding steroid dienone is 1. The summed E-state index contributed by atoms with van der Waals surface area (Å²) in [5, 5.41) is 2.73. The monoisotopic (exact) mass is 331 g/mol. The van der Waals surface area contributed by atoms with Gasteiger partial charge in [-0.2, -0.15) is 0 Å². The summed E-state index contributed by atoms with van der Waals surface area (Å²) in [6.07, 6.45) is 1.20. The molecule has 3 nitrogen and oxygen atoms in total. The van der Waals surface area contributed by atoms with E-state index in [-0.39, 0.29) is 0 Å². The predicted molar refractivity (Wildman–Crippen MR) is 96.9 cm³/mol. The van der Waals surface area contributed by atoms with E-state index in [4.69, 9.17) is 10.7 Å². The van der Waals surface area contributed by atoms with E-state index >= 15 is 0 Å². The molecule has 2 N–H and O–H groups in total. The van der Waals surface area contributed by atoms with Gasteiger partial charge in [-0.25, -0.2) is 4.98 Å².